The highest BCUT2D eigenvalue weighted by atomic mass is 16.5. The van der Waals surface area contributed by atoms with E-state index in [1.165, 1.54) is 6.20 Å². The number of carbonyl (C=O) groups is 1. The Hall–Kier alpha value is -2.01. The molecule has 14 heavy (non-hydrogen) atoms. The van der Waals surface area contributed by atoms with Gasteiger partial charge < -0.3 is 4.74 Å². The smallest absolute Gasteiger partial charge is 0.356 e. The van der Waals surface area contributed by atoms with E-state index in [-0.39, 0.29) is 12.2 Å². The molecular weight excluding hydrogens is 186 g/mol. The number of ether oxygens (including phenoxy) is 1. The number of esters is 1. The molecule has 0 aliphatic rings. The lowest BCUT2D eigenvalue weighted by molar-refractivity contribution is 0.0518. The van der Waals surface area contributed by atoms with E-state index in [9.17, 15) is 4.79 Å². The van der Waals surface area contributed by atoms with Crippen molar-refractivity contribution in [3.05, 3.63) is 27.9 Å². The van der Waals surface area contributed by atoms with Crippen molar-refractivity contribution < 1.29 is 9.53 Å². The molecule has 1 N–H and O–H groups in total. The van der Waals surface area contributed by atoms with Crippen LogP contribution in [0.1, 0.15) is 23.0 Å². The van der Waals surface area contributed by atoms with Crippen LogP contribution >= 0.6 is 0 Å². The highest BCUT2D eigenvalue weighted by Crippen LogP contribution is 2.07. The summed E-state index contributed by atoms with van der Waals surface area (Å²) in [5.41, 5.74) is 8.87. The van der Waals surface area contributed by atoms with Gasteiger partial charge in [-0.15, -0.1) is 0 Å². The average Bonchev–Trinajstić information content (AvgIpc) is 2.63. The lowest BCUT2D eigenvalue weighted by Crippen LogP contribution is -2.07. The molecule has 0 amide bonds. The predicted octanol–water partition coefficient (Wildman–Crippen LogP) is 1.40. The molecule has 0 unspecified atom stereocenters. The maximum atomic E-state index is 11.3. The summed E-state index contributed by atoms with van der Waals surface area (Å²) in [4.78, 5) is 13.8. The van der Waals surface area contributed by atoms with Crippen LogP contribution in [0.2, 0.25) is 0 Å². The number of azide groups is 1. The van der Waals surface area contributed by atoms with Gasteiger partial charge in [0.05, 0.1) is 19.3 Å². The second kappa shape index (κ2) is 4.88. The zero-order chi connectivity index (χ0) is 10.4. The monoisotopic (exact) mass is 195 g/mol. The van der Waals surface area contributed by atoms with E-state index in [1.807, 2.05) is 0 Å². The van der Waals surface area contributed by atoms with Crippen LogP contribution in [0.15, 0.2) is 11.3 Å². The van der Waals surface area contributed by atoms with Gasteiger partial charge in [-0.3, -0.25) is 5.10 Å². The Morgan fingerprint density at radius 2 is 2.64 bits per heavy atom. The van der Waals surface area contributed by atoms with E-state index >= 15 is 0 Å². The first-order valence-electron chi connectivity index (χ1n) is 3.99. The number of nitrogens with zero attached hydrogens (tertiary/aromatic N) is 4. The maximum Gasteiger partial charge on any atom is 0.356 e. The normalized spacial score (nSPS) is 9.21. The first kappa shape index (κ1) is 10.1. The summed E-state index contributed by atoms with van der Waals surface area (Å²) in [7, 11) is 0. The van der Waals surface area contributed by atoms with Crippen molar-refractivity contribution in [3.8, 4) is 0 Å². The van der Waals surface area contributed by atoms with Gasteiger partial charge in [0.25, 0.3) is 0 Å². The maximum absolute atomic E-state index is 11.3. The van der Waals surface area contributed by atoms with Gasteiger partial charge in [-0.2, -0.15) is 5.10 Å². The predicted molar refractivity (Wildman–Crippen MR) is 47.4 cm³/mol. The molecule has 0 saturated heterocycles. The van der Waals surface area contributed by atoms with Crippen molar-refractivity contribution in [2.24, 2.45) is 5.11 Å². The van der Waals surface area contributed by atoms with Crippen molar-refractivity contribution in [1.29, 1.82) is 0 Å². The molecule has 7 nitrogen and oxygen atoms in total. The van der Waals surface area contributed by atoms with Crippen LogP contribution in [-0.4, -0.2) is 22.8 Å². The lowest BCUT2D eigenvalue weighted by Gasteiger charge is -1.99. The molecule has 0 radical (unpaired) electrons. The van der Waals surface area contributed by atoms with Crippen molar-refractivity contribution in [3.63, 3.8) is 0 Å². The lowest BCUT2D eigenvalue weighted by atomic mass is 10.2. The topological polar surface area (TPSA) is 104 Å². The standard InChI is InChI=1S/C7H9N5O2/c1-2-14-7(13)6-5(3-9-11-6)4-10-12-8/h3H,2,4H2,1H3,(H,9,11). The number of hydrogen-bond acceptors (Lipinski definition) is 4. The van der Waals surface area contributed by atoms with Gasteiger partial charge in [0.1, 0.15) is 5.69 Å². The Morgan fingerprint density at radius 1 is 1.86 bits per heavy atom. The van der Waals surface area contributed by atoms with Crippen LogP contribution in [0.4, 0.5) is 0 Å². The highest BCUT2D eigenvalue weighted by molar-refractivity contribution is 5.88. The number of aromatic amines is 1. The second-order valence-corrected chi connectivity index (χ2v) is 2.38. The van der Waals surface area contributed by atoms with Gasteiger partial charge in [-0.1, -0.05) is 5.11 Å². The van der Waals surface area contributed by atoms with E-state index in [0.717, 1.165) is 0 Å². The molecule has 74 valence electrons. The summed E-state index contributed by atoms with van der Waals surface area (Å²) in [5, 5.41) is 9.49. The molecule has 0 aliphatic carbocycles. The fourth-order valence-electron chi connectivity index (χ4n) is 0.919. The molecule has 1 rings (SSSR count). The van der Waals surface area contributed by atoms with Crippen LogP contribution < -0.4 is 0 Å². The van der Waals surface area contributed by atoms with Crippen LogP contribution in [0.25, 0.3) is 10.4 Å². The third-order valence-electron chi connectivity index (χ3n) is 1.50. The molecule has 1 aromatic heterocycles. The quantitative estimate of drug-likeness (QED) is 0.339. The van der Waals surface area contributed by atoms with E-state index in [0.29, 0.717) is 12.2 Å². The van der Waals surface area contributed by atoms with Crippen LogP contribution in [-0.2, 0) is 11.3 Å². The van der Waals surface area contributed by atoms with Crippen molar-refractivity contribution in [2.75, 3.05) is 6.61 Å². The number of hydrogen-bond donors (Lipinski definition) is 1. The van der Waals surface area contributed by atoms with Crippen LogP contribution in [0, 0.1) is 0 Å². The minimum atomic E-state index is -0.492. The first-order chi connectivity index (χ1) is 6.79. The largest absolute Gasteiger partial charge is 0.461 e. The molecular formula is C7H9N5O2. The number of H-pyrrole nitrogens is 1. The van der Waals surface area contributed by atoms with E-state index in [2.05, 4.69) is 20.2 Å². The van der Waals surface area contributed by atoms with E-state index in [4.69, 9.17) is 10.3 Å². The zero-order valence-corrected chi connectivity index (χ0v) is 7.60. The van der Waals surface area contributed by atoms with Gasteiger partial charge >= 0.3 is 5.97 Å². The molecule has 0 bridgehead atoms. The molecule has 0 fully saturated rings. The Bertz CT molecular complexity index is 366. The van der Waals surface area contributed by atoms with Gasteiger partial charge in [0.15, 0.2) is 0 Å². The highest BCUT2D eigenvalue weighted by Gasteiger charge is 2.13. The number of aromatic nitrogens is 2. The fraction of sp³-hybridized carbons (Fsp3) is 0.429. The fourth-order valence-corrected chi connectivity index (χ4v) is 0.919. The third kappa shape index (κ3) is 2.24. The molecule has 0 spiro atoms. The summed E-state index contributed by atoms with van der Waals surface area (Å²) >= 11 is 0. The first-order valence-corrected chi connectivity index (χ1v) is 3.99. The Balaban J connectivity index is 2.80. The van der Waals surface area contributed by atoms with Crippen molar-refractivity contribution >= 4 is 5.97 Å². The minimum absolute atomic E-state index is 0.0845. The van der Waals surface area contributed by atoms with Gasteiger partial charge in [0, 0.05) is 10.5 Å². The number of nitrogens with one attached hydrogen (secondary N) is 1. The second-order valence-electron chi connectivity index (χ2n) is 2.38. The minimum Gasteiger partial charge on any atom is -0.461 e. The Morgan fingerprint density at radius 3 is 3.29 bits per heavy atom. The van der Waals surface area contributed by atoms with Gasteiger partial charge in [-0.25, -0.2) is 4.79 Å². The number of rotatable bonds is 4. The number of carbonyl (C=O) groups excluding carboxylic acids is 1. The molecule has 0 atom stereocenters. The average molecular weight is 195 g/mol. The molecule has 0 saturated carbocycles. The summed E-state index contributed by atoms with van der Waals surface area (Å²) < 4.78 is 4.76. The zero-order valence-electron chi connectivity index (χ0n) is 7.60. The van der Waals surface area contributed by atoms with Crippen LogP contribution in [0.3, 0.4) is 0 Å². The Labute approximate surface area is 79.7 Å². The van der Waals surface area contributed by atoms with Gasteiger partial charge in [-0.05, 0) is 12.5 Å². The van der Waals surface area contributed by atoms with E-state index in [1.54, 1.807) is 6.92 Å². The molecule has 0 aromatic carbocycles. The summed E-state index contributed by atoms with van der Waals surface area (Å²) in [5.74, 6) is -0.492. The molecule has 0 aliphatic heterocycles. The van der Waals surface area contributed by atoms with Crippen LogP contribution in [0.5, 0.6) is 0 Å². The molecule has 1 aromatic rings. The van der Waals surface area contributed by atoms with E-state index < -0.39 is 5.97 Å². The van der Waals surface area contributed by atoms with Crippen molar-refractivity contribution in [2.45, 2.75) is 13.5 Å². The summed E-state index contributed by atoms with van der Waals surface area (Å²) in [6.45, 7) is 2.08. The molecule has 7 heteroatoms. The van der Waals surface area contributed by atoms with Crippen molar-refractivity contribution in [1.82, 2.24) is 10.2 Å². The van der Waals surface area contributed by atoms with Gasteiger partial charge in [0.2, 0.25) is 0 Å². The summed E-state index contributed by atoms with van der Waals surface area (Å²) in [6, 6.07) is 0. The Kier molecular flexibility index (Phi) is 3.51. The SMILES string of the molecule is CCOC(=O)c1[nH]ncc1CN=[N+]=[N-]. The third-order valence-corrected chi connectivity index (χ3v) is 1.50. The summed E-state index contributed by atoms with van der Waals surface area (Å²) in [6.07, 6.45) is 1.43. The molecule has 1 heterocycles.